The topological polar surface area (TPSA) is 66.9 Å². The van der Waals surface area contributed by atoms with E-state index in [0.29, 0.717) is 31.7 Å². The molecule has 1 amide bonds. The fraction of sp³-hybridized carbons (Fsp3) is 0.632. The number of benzene rings is 1. The molecule has 2 aliphatic rings. The van der Waals surface area contributed by atoms with Gasteiger partial charge in [-0.25, -0.2) is 8.42 Å². The van der Waals surface area contributed by atoms with E-state index < -0.39 is 10.0 Å². The van der Waals surface area contributed by atoms with Crippen LogP contribution >= 0.6 is 0 Å². The van der Waals surface area contributed by atoms with Crippen LogP contribution in [0, 0.1) is 0 Å². The molecule has 26 heavy (non-hydrogen) atoms. The summed E-state index contributed by atoms with van der Waals surface area (Å²) in [7, 11) is -3.48. The number of rotatable bonds is 3. The zero-order chi connectivity index (χ0) is 18.7. The van der Waals surface area contributed by atoms with Crippen molar-refractivity contribution in [2.45, 2.75) is 56.6 Å². The largest absolute Gasteiger partial charge is 0.372 e. The molecule has 1 aromatic rings. The van der Waals surface area contributed by atoms with Gasteiger partial charge in [-0.1, -0.05) is 12.8 Å². The molecule has 0 radical (unpaired) electrons. The fourth-order valence-electron chi connectivity index (χ4n) is 3.73. The number of carbonyl (C=O) groups excluding carboxylic acids is 1. The molecular formula is C19H28N2O4S. The Morgan fingerprint density at radius 2 is 1.50 bits per heavy atom. The summed E-state index contributed by atoms with van der Waals surface area (Å²) in [5.41, 5.74) is 0.515. The Kier molecular flexibility index (Phi) is 5.99. The van der Waals surface area contributed by atoms with E-state index in [0.717, 1.165) is 25.7 Å². The summed E-state index contributed by atoms with van der Waals surface area (Å²) in [6.45, 7) is 6.16. The van der Waals surface area contributed by atoms with Gasteiger partial charge in [0, 0.05) is 31.7 Å². The zero-order valence-corrected chi connectivity index (χ0v) is 16.4. The second kappa shape index (κ2) is 8.06. The number of nitrogens with zero attached hydrogens (tertiary/aromatic N) is 2. The predicted molar refractivity (Wildman–Crippen MR) is 99.6 cm³/mol. The van der Waals surface area contributed by atoms with Crippen molar-refractivity contribution in [2.75, 3.05) is 26.2 Å². The van der Waals surface area contributed by atoms with Crippen molar-refractivity contribution >= 4 is 15.9 Å². The fourth-order valence-corrected chi connectivity index (χ4v) is 5.24. The number of sulfonamides is 1. The number of amides is 1. The van der Waals surface area contributed by atoms with Gasteiger partial charge in [0.15, 0.2) is 0 Å². The van der Waals surface area contributed by atoms with Crippen molar-refractivity contribution in [3.63, 3.8) is 0 Å². The highest BCUT2D eigenvalue weighted by atomic mass is 32.2. The van der Waals surface area contributed by atoms with Crippen LogP contribution < -0.4 is 0 Å². The first-order chi connectivity index (χ1) is 12.4. The second-order valence-electron chi connectivity index (χ2n) is 7.31. The second-order valence-corrected chi connectivity index (χ2v) is 9.25. The van der Waals surface area contributed by atoms with Gasteiger partial charge in [0.25, 0.3) is 5.91 Å². The van der Waals surface area contributed by atoms with Gasteiger partial charge in [0.05, 0.1) is 17.1 Å². The molecule has 2 heterocycles. The van der Waals surface area contributed by atoms with E-state index in [9.17, 15) is 13.2 Å². The molecule has 2 saturated heterocycles. The van der Waals surface area contributed by atoms with Gasteiger partial charge in [0.2, 0.25) is 10.0 Å². The van der Waals surface area contributed by atoms with Crippen molar-refractivity contribution in [1.82, 2.24) is 9.21 Å². The summed E-state index contributed by atoms with van der Waals surface area (Å²) in [5, 5.41) is 0. The third-order valence-electron chi connectivity index (χ3n) is 5.01. The van der Waals surface area contributed by atoms with Gasteiger partial charge in [0.1, 0.15) is 0 Å². The van der Waals surface area contributed by atoms with Gasteiger partial charge in [-0.2, -0.15) is 4.31 Å². The van der Waals surface area contributed by atoms with Crippen LogP contribution in [0.15, 0.2) is 29.2 Å². The van der Waals surface area contributed by atoms with Crippen molar-refractivity contribution in [3.05, 3.63) is 29.8 Å². The first-order valence-electron chi connectivity index (χ1n) is 9.43. The van der Waals surface area contributed by atoms with Crippen LogP contribution in [0.25, 0.3) is 0 Å². The molecular weight excluding hydrogens is 352 g/mol. The monoisotopic (exact) mass is 380 g/mol. The SMILES string of the molecule is C[C@@H]1CN(C(=O)c2ccc(S(=O)(=O)N3CCCCCC3)cc2)C[C@@H](C)O1. The maximum atomic E-state index is 12.8. The van der Waals surface area contributed by atoms with E-state index in [1.807, 2.05) is 13.8 Å². The molecule has 2 fully saturated rings. The Morgan fingerprint density at radius 1 is 0.962 bits per heavy atom. The van der Waals surface area contributed by atoms with Crippen molar-refractivity contribution in [3.8, 4) is 0 Å². The van der Waals surface area contributed by atoms with Crippen molar-refractivity contribution in [1.29, 1.82) is 0 Å². The number of ether oxygens (including phenoxy) is 1. The molecule has 0 saturated carbocycles. The minimum absolute atomic E-state index is 0.00499. The van der Waals surface area contributed by atoms with E-state index in [-0.39, 0.29) is 23.0 Å². The first kappa shape index (κ1) is 19.3. The lowest BCUT2D eigenvalue weighted by molar-refractivity contribution is -0.0586. The van der Waals surface area contributed by atoms with E-state index >= 15 is 0 Å². The van der Waals surface area contributed by atoms with Gasteiger partial charge >= 0.3 is 0 Å². The number of morpholine rings is 1. The zero-order valence-electron chi connectivity index (χ0n) is 15.6. The smallest absolute Gasteiger partial charge is 0.254 e. The molecule has 0 bridgehead atoms. The molecule has 3 rings (SSSR count). The Morgan fingerprint density at radius 3 is 2.04 bits per heavy atom. The molecule has 0 aliphatic carbocycles. The molecule has 144 valence electrons. The van der Waals surface area contributed by atoms with Crippen molar-refractivity contribution in [2.24, 2.45) is 0 Å². The van der Waals surface area contributed by atoms with E-state index in [1.54, 1.807) is 33.5 Å². The summed E-state index contributed by atoms with van der Waals surface area (Å²) in [4.78, 5) is 14.7. The van der Waals surface area contributed by atoms with Crippen LogP contribution in [0.1, 0.15) is 49.9 Å². The minimum Gasteiger partial charge on any atom is -0.372 e. The number of hydrogen-bond acceptors (Lipinski definition) is 4. The van der Waals surface area contributed by atoms with E-state index in [4.69, 9.17) is 4.74 Å². The Bertz CT molecular complexity index is 714. The summed E-state index contributed by atoms with van der Waals surface area (Å²) in [5.74, 6) is -0.0780. The van der Waals surface area contributed by atoms with Crippen LogP contribution in [0.3, 0.4) is 0 Å². The van der Waals surface area contributed by atoms with Gasteiger partial charge in [-0.05, 0) is 51.0 Å². The molecule has 0 spiro atoms. The van der Waals surface area contributed by atoms with E-state index in [1.165, 1.54) is 0 Å². The summed E-state index contributed by atoms with van der Waals surface area (Å²) < 4.78 is 32.9. The maximum Gasteiger partial charge on any atom is 0.254 e. The summed E-state index contributed by atoms with van der Waals surface area (Å²) in [6.07, 6.45) is 3.98. The highest BCUT2D eigenvalue weighted by molar-refractivity contribution is 7.89. The Hall–Kier alpha value is -1.44. The maximum absolute atomic E-state index is 12.8. The molecule has 2 atom stereocenters. The van der Waals surface area contributed by atoms with Gasteiger partial charge in [-0.15, -0.1) is 0 Å². The number of hydrogen-bond donors (Lipinski definition) is 0. The molecule has 1 aromatic carbocycles. The molecule has 2 aliphatic heterocycles. The van der Waals surface area contributed by atoms with Crippen molar-refractivity contribution < 1.29 is 17.9 Å². The highest BCUT2D eigenvalue weighted by Gasteiger charge is 2.28. The predicted octanol–water partition coefficient (Wildman–Crippen LogP) is 2.50. The van der Waals surface area contributed by atoms with Gasteiger partial charge < -0.3 is 9.64 Å². The summed E-state index contributed by atoms with van der Waals surface area (Å²) in [6, 6.07) is 6.36. The average Bonchev–Trinajstić information content (AvgIpc) is 2.90. The highest BCUT2D eigenvalue weighted by Crippen LogP contribution is 2.21. The average molecular weight is 381 g/mol. The lowest BCUT2D eigenvalue weighted by atomic mass is 10.1. The lowest BCUT2D eigenvalue weighted by Gasteiger charge is -2.35. The third-order valence-corrected chi connectivity index (χ3v) is 6.92. The lowest BCUT2D eigenvalue weighted by Crippen LogP contribution is -2.48. The van der Waals surface area contributed by atoms with E-state index in [2.05, 4.69) is 0 Å². The van der Waals surface area contributed by atoms with Gasteiger partial charge in [-0.3, -0.25) is 4.79 Å². The van der Waals surface area contributed by atoms with Crippen LogP contribution in [-0.2, 0) is 14.8 Å². The number of carbonyl (C=O) groups is 1. The quantitative estimate of drug-likeness (QED) is 0.808. The molecule has 6 nitrogen and oxygen atoms in total. The third kappa shape index (κ3) is 4.27. The Balaban J connectivity index is 1.74. The Labute approximate surface area is 156 Å². The molecule has 0 aromatic heterocycles. The minimum atomic E-state index is -3.48. The van der Waals surface area contributed by atoms with Crippen LogP contribution in [-0.4, -0.2) is 61.9 Å². The van der Waals surface area contributed by atoms with Crippen LogP contribution in [0.2, 0.25) is 0 Å². The molecule has 7 heteroatoms. The molecule has 0 unspecified atom stereocenters. The first-order valence-corrected chi connectivity index (χ1v) is 10.9. The standard InChI is InChI=1S/C19H28N2O4S/c1-15-13-20(14-16(2)25-15)19(22)17-7-9-18(10-8-17)26(23,24)21-11-5-3-4-6-12-21/h7-10,15-16H,3-6,11-14H2,1-2H3/t15-,16-/m1/s1. The van der Waals surface area contributed by atoms with Crippen LogP contribution in [0.5, 0.6) is 0 Å². The summed E-state index contributed by atoms with van der Waals surface area (Å²) >= 11 is 0. The van der Waals surface area contributed by atoms with Crippen LogP contribution in [0.4, 0.5) is 0 Å². The molecule has 0 N–H and O–H groups in total. The normalized spacial score (nSPS) is 25.7.